The van der Waals surface area contributed by atoms with E-state index in [-0.39, 0.29) is 6.03 Å². The summed E-state index contributed by atoms with van der Waals surface area (Å²) in [7, 11) is 0. The van der Waals surface area contributed by atoms with Crippen LogP contribution in [-0.2, 0) is 13.1 Å². The van der Waals surface area contributed by atoms with E-state index in [1.807, 2.05) is 17.9 Å². The largest absolute Gasteiger partial charge is 0.332 e. The van der Waals surface area contributed by atoms with Crippen LogP contribution in [0, 0.1) is 6.92 Å². The van der Waals surface area contributed by atoms with Gasteiger partial charge in [-0.05, 0) is 12.5 Å². The number of carbonyl (C=O) groups is 1. The van der Waals surface area contributed by atoms with Crippen molar-refractivity contribution >= 4 is 6.03 Å². The average Bonchev–Trinajstić information content (AvgIpc) is 2.62. The van der Waals surface area contributed by atoms with Crippen LogP contribution in [0.5, 0.6) is 0 Å². The first-order valence-corrected chi connectivity index (χ1v) is 8.27. The summed E-state index contributed by atoms with van der Waals surface area (Å²) in [6.45, 7) is 6.53. The molecule has 1 N–H and O–H groups in total. The highest BCUT2D eigenvalue weighted by Gasteiger charge is 2.20. The summed E-state index contributed by atoms with van der Waals surface area (Å²) in [6, 6.07) is 10.4. The fraction of sp³-hybridized carbons (Fsp3) is 0.389. The van der Waals surface area contributed by atoms with Crippen molar-refractivity contribution in [3.05, 3.63) is 59.7 Å². The number of amides is 2. The molecule has 0 unspecified atom stereocenters. The zero-order valence-electron chi connectivity index (χ0n) is 14.0. The van der Waals surface area contributed by atoms with E-state index in [2.05, 4.69) is 44.5 Å². The van der Waals surface area contributed by atoms with Crippen molar-refractivity contribution in [1.29, 1.82) is 0 Å². The van der Waals surface area contributed by atoms with Gasteiger partial charge in [-0.2, -0.15) is 0 Å². The van der Waals surface area contributed by atoms with E-state index in [1.54, 1.807) is 12.4 Å². The number of urea groups is 1. The minimum atomic E-state index is -0.0308. The Hall–Kier alpha value is -2.47. The number of nitrogens with one attached hydrogen (secondary N) is 1. The summed E-state index contributed by atoms with van der Waals surface area (Å²) in [5.41, 5.74) is 2.96. The number of aryl methyl sites for hydroxylation is 1. The Morgan fingerprint density at radius 1 is 1.08 bits per heavy atom. The molecule has 6 nitrogen and oxygen atoms in total. The van der Waals surface area contributed by atoms with Gasteiger partial charge in [-0.1, -0.05) is 30.3 Å². The summed E-state index contributed by atoms with van der Waals surface area (Å²) in [6.07, 6.45) is 3.41. The molecule has 0 atom stereocenters. The van der Waals surface area contributed by atoms with Crippen LogP contribution >= 0.6 is 0 Å². The normalized spacial score (nSPS) is 15.3. The van der Waals surface area contributed by atoms with E-state index in [4.69, 9.17) is 0 Å². The Morgan fingerprint density at radius 3 is 2.50 bits per heavy atom. The first-order valence-electron chi connectivity index (χ1n) is 8.27. The van der Waals surface area contributed by atoms with Gasteiger partial charge in [0.25, 0.3) is 0 Å². The maximum atomic E-state index is 12.3. The van der Waals surface area contributed by atoms with Gasteiger partial charge in [0.15, 0.2) is 0 Å². The van der Waals surface area contributed by atoms with E-state index >= 15 is 0 Å². The quantitative estimate of drug-likeness (QED) is 0.931. The monoisotopic (exact) mass is 325 g/mol. The molecule has 0 bridgehead atoms. The SMILES string of the molecule is Cc1cnc(CNC(=O)N2CCN(Cc3ccccc3)CC2)cn1. The van der Waals surface area contributed by atoms with Gasteiger partial charge >= 0.3 is 6.03 Å². The Labute approximate surface area is 142 Å². The first kappa shape index (κ1) is 16.4. The molecule has 0 saturated carbocycles. The third-order valence-electron chi connectivity index (χ3n) is 4.16. The van der Waals surface area contributed by atoms with Gasteiger partial charge in [0.2, 0.25) is 0 Å². The summed E-state index contributed by atoms with van der Waals surface area (Å²) in [4.78, 5) is 24.9. The van der Waals surface area contributed by atoms with Gasteiger partial charge < -0.3 is 10.2 Å². The zero-order chi connectivity index (χ0) is 16.8. The van der Waals surface area contributed by atoms with Gasteiger partial charge in [0.05, 0.1) is 24.1 Å². The maximum absolute atomic E-state index is 12.3. The van der Waals surface area contributed by atoms with Crippen LogP contribution in [0.2, 0.25) is 0 Å². The first-order chi connectivity index (χ1) is 11.7. The minimum absolute atomic E-state index is 0.0308. The predicted molar refractivity (Wildman–Crippen MR) is 92.3 cm³/mol. The molecule has 0 spiro atoms. The standard InChI is InChI=1S/C18H23N5O/c1-15-11-20-17(12-19-15)13-21-18(24)23-9-7-22(8-10-23)14-16-5-3-2-4-6-16/h2-6,11-12H,7-10,13-14H2,1H3,(H,21,24). The van der Waals surface area contributed by atoms with Crippen molar-refractivity contribution in [2.24, 2.45) is 0 Å². The number of hydrogen-bond acceptors (Lipinski definition) is 4. The molecule has 2 heterocycles. The number of carbonyl (C=O) groups excluding carboxylic acids is 1. The molecule has 1 fully saturated rings. The summed E-state index contributed by atoms with van der Waals surface area (Å²) in [5.74, 6) is 0. The van der Waals surface area contributed by atoms with Crippen LogP contribution in [0.1, 0.15) is 17.0 Å². The third kappa shape index (κ3) is 4.52. The Balaban J connectivity index is 1.42. The fourth-order valence-electron chi connectivity index (χ4n) is 2.74. The Morgan fingerprint density at radius 2 is 1.83 bits per heavy atom. The van der Waals surface area contributed by atoms with E-state index in [0.717, 1.165) is 44.1 Å². The van der Waals surface area contributed by atoms with E-state index in [1.165, 1.54) is 5.56 Å². The smallest absolute Gasteiger partial charge is 0.317 e. The molecular formula is C18H23N5O. The molecule has 2 aromatic rings. The Bertz CT molecular complexity index is 651. The molecule has 2 amide bonds. The van der Waals surface area contributed by atoms with E-state index in [0.29, 0.717) is 6.54 Å². The molecule has 1 aromatic carbocycles. The molecule has 6 heteroatoms. The van der Waals surface area contributed by atoms with Gasteiger partial charge in [-0.15, -0.1) is 0 Å². The topological polar surface area (TPSA) is 61.4 Å². The molecule has 0 aliphatic carbocycles. The second-order valence-corrected chi connectivity index (χ2v) is 6.06. The van der Waals surface area contributed by atoms with Gasteiger partial charge in [0, 0.05) is 38.9 Å². The van der Waals surface area contributed by atoms with Crippen LogP contribution in [0.3, 0.4) is 0 Å². The number of benzene rings is 1. The molecule has 126 valence electrons. The number of rotatable bonds is 4. The molecular weight excluding hydrogens is 302 g/mol. The van der Waals surface area contributed by atoms with Crippen molar-refractivity contribution in [2.45, 2.75) is 20.0 Å². The molecule has 1 aliphatic heterocycles. The number of nitrogens with zero attached hydrogens (tertiary/aromatic N) is 4. The highest BCUT2D eigenvalue weighted by Crippen LogP contribution is 2.08. The second-order valence-electron chi connectivity index (χ2n) is 6.06. The molecule has 3 rings (SSSR count). The lowest BCUT2D eigenvalue weighted by atomic mass is 10.2. The van der Waals surface area contributed by atoms with Crippen LogP contribution in [0.4, 0.5) is 4.79 Å². The lowest BCUT2D eigenvalue weighted by Gasteiger charge is -2.34. The fourth-order valence-corrected chi connectivity index (χ4v) is 2.74. The second kappa shape index (κ2) is 7.88. The van der Waals surface area contributed by atoms with Crippen molar-refractivity contribution < 1.29 is 4.79 Å². The lowest BCUT2D eigenvalue weighted by molar-refractivity contribution is 0.135. The van der Waals surface area contributed by atoms with Gasteiger partial charge in [-0.25, -0.2) is 4.79 Å². The molecule has 24 heavy (non-hydrogen) atoms. The van der Waals surface area contributed by atoms with Crippen molar-refractivity contribution in [3.63, 3.8) is 0 Å². The van der Waals surface area contributed by atoms with Crippen LogP contribution < -0.4 is 5.32 Å². The number of piperazine rings is 1. The van der Waals surface area contributed by atoms with Crippen molar-refractivity contribution in [2.75, 3.05) is 26.2 Å². The predicted octanol–water partition coefficient (Wildman–Crippen LogP) is 1.81. The zero-order valence-corrected chi connectivity index (χ0v) is 14.0. The van der Waals surface area contributed by atoms with E-state index in [9.17, 15) is 4.79 Å². The van der Waals surface area contributed by atoms with Crippen LogP contribution in [0.15, 0.2) is 42.7 Å². The molecule has 0 radical (unpaired) electrons. The minimum Gasteiger partial charge on any atom is -0.332 e. The lowest BCUT2D eigenvalue weighted by Crippen LogP contribution is -2.51. The van der Waals surface area contributed by atoms with Crippen molar-refractivity contribution in [3.8, 4) is 0 Å². The number of aromatic nitrogens is 2. The summed E-state index contributed by atoms with van der Waals surface area (Å²) in [5, 5.41) is 2.92. The van der Waals surface area contributed by atoms with Gasteiger partial charge in [-0.3, -0.25) is 14.9 Å². The van der Waals surface area contributed by atoms with Crippen LogP contribution in [-0.4, -0.2) is 52.0 Å². The average molecular weight is 325 g/mol. The summed E-state index contributed by atoms with van der Waals surface area (Å²) < 4.78 is 0. The van der Waals surface area contributed by atoms with Crippen LogP contribution in [0.25, 0.3) is 0 Å². The highest BCUT2D eigenvalue weighted by atomic mass is 16.2. The number of hydrogen-bond donors (Lipinski definition) is 1. The molecule has 1 saturated heterocycles. The summed E-state index contributed by atoms with van der Waals surface area (Å²) >= 11 is 0. The maximum Gasteiger partial charge on any atom is 0.317 e. The van der Waals surface area contributed by atoms with Gasteiger partial charge in [0.1, 0.15) is 0 Å². The molecule has 1 aliphatic rings. The van der Waals surface area contributed by atoms with E-state index < -0.39 is 0 Å². The highest BCUT2D eigenvalue weighted by molar-refractivity contribution is 5.74. The van der Waals surface area contributed by atoms with Crippen molar-refractivity contribution in [1.82, 2.24) is 25.1 Å². The third-order valence-corrected chi connectivity index (χ3v) is 4.16. The Kier molecular flexibility index (Phi) is 5.38. The molecule has 1 aromatic heterocycles.